The summed E-state index contributed by atoms with van der Waals surface area (Å²) in [6.07, 6.45) is 5.17. The molecule has 0 aliphatic heterocycles. The molecule has 1 saturated carbocycles. The van der Waals surface area contributed by atoms with E-state index in [4.69, 9.17) is 18.0 Å². The van der Waals surface area contributed by atoms with Crippen molar-refractivity contribution >= 4 is 18.2 Å². The number of aromatic nitrogens is 3. The van der Waals surface area contributed by atoms with Crippen LogP contribution in [0.1, 0.15) is 32.6 Å². The Morgan fingerprint density at radius 1 is 1.57 bits per heavy atom. The molecule has 14 heavy (non-hydrogen) atoms. The zero-order valence-electron chi connectivity index (χ0n) is 8.42. The van der Waals surface area contributed by atoms with Gasteiger partial charge in [0.1, 0.15) is 0 Å². The van der Waals surface area contributed by atoms with E-state index in [1.807, 2.05) is 4.57 Å². The molecular formula is C9H16N4S. The number of hydrogen-bond acceptors (Lipinski definition) is 3. The normalized spacial score (nSPS) is 20.1. The summed E-state index contributed by atoms with van der Waals surface area (Å²) >= 11 is 5.12. The Morgan fingerprint density at radius 3 is 2.71 bits per heavy atom. The predicted molar refractivity (Wildman–Crippen MR) is 58.4 cm³/mol. The zero-order chi connectivity index (χ0) is 10.2. The second-order valence-corrected chi connectivity index (χ2v) is 4.88. The molecule has 1 aromatic rings. The lowest BCUT2D eigenvalue weighted by Crippen LogP contribution is -2.20. The van der Waals surface area contributed by atoms with Crippen molar-refractivity contribution in [2.24, 2.45) is 5.41 Å². The molecule has 1 aromatic heterocycles. The number of nitrogens with one attached hydrogen (secondary N) is 1. The number of hydrogen-bond donors (Lipinski definition) is 2. The highest BCUT2D eigenvalue weighted by Crippen LogP contribution is 2.39. The summed E-state index contributed by atoms with van der Waals surface area (Å²) in [5.41, 5.74) is 6.09. The van der Waals surface area contributed by atoms with E-state index in [-0.39, 0.29) is 0 Å². The summed E-state index contributed by atoms with van der Waals surface area (Å²) in [4.78, 5) is 0. The molecule has 0 radical (unpaired) electrons. The molecular weight excluding hydrogens is 196 g/mol. The Kier molecular flexibility index (Phi) is 2.34. The second kappa shape index (κ2) is 3.38. The second-order valence-electron chi connectivity index (χ2n) is 4.49. The smallest absolute Gasteiger partial charge is 0.220 e. The maximum atomic E-state index is 5.73. The van der Waals surface area contributed by atoms with Gasteiger partial charge in [0, 0.05) is 6.54 Å². The highest BCUT2D eigenvalue weighted by Gasteiger charge is 2.29. The van der Waals surface area contributed by atoms with Crippen LogP contribution >= 0.6 is 12.2 Å². The van der Waals surface area contributed by atoms with Crippen molar-refractivity contribution in [1.82, 2.24) is 14.8 Å². The third kappa shape index (κ3) is 1.68. The minimum absolute atomic E-state index is 0.357. The average Bonchev–Trinajstić information content (AvgIpc) is 2.68. The highest BCUT2D eigenvalue weighted by molar-refractivity contribution is 7.71. The predicted octanol–water partition coefficient (Wildman–Crippen LogP) is 2.10. The van der Waals surface area contributed by atoms with Crippen molar-refractivity contribution in [1.29, 1.82) is 0 Å². The van der Waals surface area contributed by atoms with Gasteiger partial charge in [-0.15, -0.1) is 5.10 Å². The number of nitrogens with two attached hydrogens (primary N) is 1. The number of nitrogens with zero attached hydrogens (tertiary/aromatic N) is 2. The van der Waals surface area contributed by atoms with Gasteiger partial charge in [-0.3, -0.25) is 4.57 Å². The molecule has 2 rings (SSSR count). The fourth-order valence-corrected chi connectivity index (χ4v) is 2.45. The van der Waals surface area contributed by atoms with Crippen LogP contribution in [0.3, 0.4) is 0 Å². The Labute approximate surface area is 88.5 Å². The topological polar surface area (TPSA) is 59.6 Å². The summed E-state index contributed by atoms with van der Waals surface area (Å²) < 4.78 is 2.54. The third-order valence-electron chi connectivity index (χ3n) is 3.14. The van der Waals surface area contributed by atoms with Crippen LogP contribution in [0.4, 0.5) is 5.95 Å². The zero-order valence-corrected chi connectivity index (χ0v) is 9.23. The molecule has 0 bridgehead atoms. The molecule has 4 nitrogen and oxygen atoms in total. The standard InChI is InChI=1S/C9H16N4S/c1-9(4-2-3-5-9)6-13-7(10)11-12-8(13)14/h2-6H2,1H3,(H2,10,11)(H,12,14). The van der Waals surface area contributed by atoms with Crippen LogP contribution in [0.25, 0.3) is 0 Å². The Bertz CT molecular complexity index is 372. The number of nitrogen functional groups attached to an aromatic ring is 1. The molecule has 0 spiro atoms. The van der Waals surface area contributed by atoms with Gasteiger partial charge in [0.25, 0.3) is 0 Å². The van der Waals surface area contributed by atoms with Gasteiger partial charge in [-0.05, 0) is 30.5 Å². The van der Waals surface area contributed by atoms with Crippen molar-refractivity contribution in [3.63, 3.8) is 0 Å². The van der Waals surface area contributed by atoms with E-state index in [1.54, 1.807) is 0 Å². The van der Waals surface area contributed by atoms with Crippen LogP contribution in [0.5, 0.6) is 0 Å². The number of anilines is 1. The van der Waals surface area contributed by atoms with Crippen LogP contribution in [0, 0.1) is 10.2 Å². The Morgan fingerprint density at radius 2 is 2.21 bits per heavy atom. The Balaban J connectivity index is 2.21. The first-order chi connectivity index (χ1) is 6.61. The molecule has 1 fully saturated rings. The first-order valence-corrected chi connectivity index (χ1v) is 5.42. The molecule has 1 aliphatic rings. The van der Waals surface area contributed by atoms with E-state index in [1.165, 1.54) is 25.7 Å². The fourth-order valence-electron chi connectivity index (χ4n) is 2.25. The number of aromatic amines is 1. The van der Waals surface area contributed by atoms with Crippen molar-refractivity contribution in [3.05, 3.63) is 4.77 Å². The third-order valence-corrected chi connectivity index (χ3v) is 3.45. The maximum Gasteiger partial charge on any atom is 0.220 e. The van der Waals surface area contributed by atoms with Crippen molar-refractivity contribution < 1.29 is 0 Å². The van der Waals surface area contributed by atoms with Crippen LogP contribution in [0.2, 0.25) is 0 Å². The first-order valence-electron chi connectivity index (χ1n) is 5.01. The molecule has 0 saturated heterocycles. The Hall–Kier alpha value is -0.840. The lowest BCUT2D eigenvalue weighted by atomic mass is 9.89. The van der Waals surface area contributed by atoms with Crippen LogP contribution < -0.4 is 5.73 Å². The molecule has 0 atom stereocenters. The summed E-state index contributed by atoms with van der Waals surface area (Å²) in [6.45, 7) is 3.20. The lowest BCUT2D eigenvalue weighted by Gasteiger charge is -2.23. The van der Waals surface area contributed by atoms with Gasteiger partial charge in [-0.1, -0.05) is 19.8 Å². The summed E-state index contributed by atoms with van der Waals surface area (Å²) in [5, 5.41) is 6.63. The van der Waals surface area contributed by atoms with Crippen LogP contribution in [-0.4, -0.2) is 14.8 Å². The molecule has 0 unspecified atom stereocenters. The highest BCUT2D eigenvalue weighted by atomic mass is 32.1. The van der Waals surface area contributed by atoms with Crippen molar-refractivity contribution in [3.8, 4) is 0 Å². The van der Waals surface area contributed by atoms with E-state index >= 15 is 0 Å². The minimum Gasteiger partial charge on any atom is -0.368 e. The maximum absolute atomic E-state index is 5.73. The molecule has 0 amide bonds. The SMILES string of the molecule is CC1(Cn2c(N)n[nH]c2=S)CCCC1. The largest absolute Gasteiger partial charge is 0.368 e. The van der Waals surface area contributed by atoms with Crippen molar-refractivity contribution in [2.45, 2.75) is 39.2 Å². The lowest BCUT2D eigenvalue weighted by molar-refractivity contribution is 0.282. The first kappa shape index (κ1) is 9.71. The molecule has 5 heteroatoms. The van der Waals surface area contributed by atoms with E-state index in [2.05, 4.69) is 17.1 Å². The van der Waals surface area contributed by atoms with E-state index in [9.17, 15) is 0 Å². The quantitative estimate of drug-likeness (QED) is 0.738. The van der Waals surface area contributed by atoms with E-state index < -0.39 is 0 Å². The van der Waals surface area contributed by atoms with Gasteiger partial charge in [-0.2, -0.15) is 0 Å². The molecule has 3 N–H and O–H groups in total. The average molecular weight is 212 g/mol. The number of H-pyrrole nitrogens is 1. The molecule has 78 valence electrons. The van der Waals surface area contributed by atoms with Crippen molar-refractivity contribution in [2.75, 3.05) is 5.73 Å². The summed E-state index contributed by atoms with van der Waals surface area (Å²) in [7, 11) is 0. The minimum atomic E-state index is 0.357. The van der Waals surface area contributed by atoms with Gasteiger partial charge in [-0.25, -0.2) is 5.10 Å². The van der Waals surface area contributed by atoms with Gasteiger partial charge in [0.05, 0.1) is 0 Å². The van der Waals surface area contributed by atoms with E-state index in [0.29, 0.717) is 16.1 Å². The molecule has 1 aliphatic carbocycles. The monoisotopic (exact) mass is 212 g/mol. The molecule has 0 aromatic carbocycles. The summed E-state index contributed by atoms with van der Waals surface area (Å²) in [6, 6.07) is 0. The van der Waals surface area contributed by atoms with E-state index in [0.717, 1.165) is 6.54 Å². The number of rotatable bonds is 2. The van der Waals surface area contributed by atoms with Gasteiger partial charge in [0.2, 0.25) is 5.95 Å². The molecule has 1 heterocycles. The van der Waals surface area contributed by atoms with Gasteiger partial charge in [0.15, 0.2) is 4.77 Å². The summed E-state index contributed by atoms with van der Waals surface area (Å²) in [5.74, 6) is 0.503. The fraction of sp³-hybridized carbons (Fsp3) is 0.778. The van der Waals surface area contributed by atoms with Gasteiger partial charge < -0.3 is 5.73 Å². The van der Waals surface area contributed by atoms with Gasteiger partial charge >= 0.3 is 0 Å². The van der Waals surface area contributed by atoms with Crippen LogP contribution in [0.15, 0.2) is 0 Å². The van der Waals surface area contributed by atoms with Crippen LogP contribution in [-0.2, 0) is 6.54 Å².